The highest BCUT2D eigenvalue weighted by Gasteiger charge is 2.20. The summed E-state index contributed by atoms with van der Waals surface area (Å²) < 4.78 is 4.46. The Bertz CT molecular complexity index is 328. The van der Waals surface area contributed by atoms with Crippen LogP contribution >= 0.6 is 11.5 Å². The molecule has 0 aliphatic rings. The van der Waals surface area contributed by atoms with E-state index in [1.807, 2.05) is 0 Å². The molecule has 0 aliphatic carbocycles. The van der Waals surface area contributed by atoms with Gasteiger partial charge < -0.3 is 5.32 Å². The number of nitrogens with zero attached hydrogens (tertiary/aromatic N) is 2. The molecule has 0 fully saturated rings. The van der Waals surface area contributed by atoms with Crippen molar-refractivity contribution in [2.24, 2.45) is 0 Å². The Morgan fingerprint density at radius 3 is 2.47 bits per heavy atom. The van der Waals surface area contributed by atoms with Crippen LogP contribution in [0.1, 0.15) is 58.3 Å². The Hall–Kier alpha value is -0.480. The highest BCUT2D eigenvalue weighted by atomic mass is 32.1. The molecule has 0 bridgehead atoms. The molecule has 1 aromatic heterocycles. The summed E-state index contributed by atoms with van der Waals surface area (Å²) in [6.07, 6.45) is 3.33. The first-order valence-electron chi connectivity index (χ1n) is 6.53. The van der Waals surface area contributed by atoms with Gasteiger partial charge in [0.25, 0.3) is 0 Å². The van der Waals surface area contributed by atoms with Crippen LogP contribution < -0.4 is 5.32 Å². The van der Waals surface area contributed by atoms with Crippen LogP contribution in [-0.4, -0.2) is 21.9 Å². The van der Waals surface area contributed by atoms with E-state index >= 15 is 0 Å². The molecule has 3 nitrogen and oxygen atoms in total. The molecule has 98 valence electrons. The first-order valence-corrected chi connectivity index (χ1v) is 7.31. The Kier molecular flexibility index (Phi) is 5.53. The highest BCUT2D eigenvalue weighted by Crippen LogP contribution is 2.21. The van der Waals surface area contributed by atoms with E-state index in [9.17, 15) is 0 Å². The Morgan fingerprint density at radius 2 is 2.00 bits per heavy atom. The van der Waals surface area contributed by atoms with E-state index < -0.39 is 0 Å². The molecule has 1 aromatic rings. The van der Waals surface area contributed by atoms with Crippen molar-refractivity contribution in [2.75, 3.05) is 6.54 Å². The van der Waals surface area contributed by atoms with Crippen molar-refractivity contribution in [1.29, 1.82) is 0 Å². The first-order chi connectivity index (χ1) is 7.97. The van der Waals surface area contributed by atoms with Crippen LogP contribution in [0.25, 0.3) is 0 Å². The largest absolute Gasteiger partial charge is 0.314 e. The zero-order valence-corrected chi connectivity index (χ0v) is 12.5. The number of rotatable bonds is 6. The van der Waals surface area contributed by atoms with Gasteiger partial charge in [0.05, 0.1) is 0 Å². The van der Waals surface area contributed by atoms with Crippen molar-refractivity contribution in [1.82, 2.24) is 14.7 Å². The van der Waals surface area contributed by atoms with Gasteiger partial charge in [-0.3, -0.25) is 0 Å². The quantitative estimate of drug-likeness (QED) is 0.848. The molecule has 4 heteroatoms. The lowest BCUT2D eigenvalue weighted by atomic mass is 9.96. The maximum atomic E-state index is 4.64. The van der Waals surface area contributed by atoms with Gasteiger partial charge in [0.2, 0.25) is 0 Å². The van der Waals surface area contributed by atoms with Gasteiger partial charge in [0.1, 0.15) is 10.8 Å². The van der Waals surface area contributed by atoms with Crippen LogP contribution in [0.5, 0.6) is 0 Å². The summed E-state index contributed by atoms with van der Waals surface area (Å²) in [5.74, 6) is 0.975. The lowest BCUT2D eigenvalue weighted by Crippen LogP contribution is -2.31. The molecule has 1 heterocycles. The first kappa shape index (κ1) is 14.6. The van der Waals surface area contributed by atoms with Gasteiger partial charge in [-0.2, -0.15) is 4.37 Å². The molecule has 0 spiro atoms. The normalized spacial score (nSPS) is 13.9. The standard InChI is InChI=1S/C13H25N3S/c1-6-8-14-10(7-2)9-11-15-12(16-17-11)13(3,4)5/h10,14H,6-9H2,1-5H3. The molecule has 1 atom stereocenters. The molecular formula is C13H25N3S. The van der Waals surface area contributed by atoms with Crippen molar-refractivity contribution in [3.8, 4) is 0 Å². The van der Waals surface area contributed by atoms with Crippen molar-refractivity contribution < 1.29 is 0 Å². The van der Waals surface area contributed by atoms with E-state index in [0.717, 1.165) is 30.2 Å². The molecule has 1 unspecified atom stereocenters. The van der Waals surface area contributed by atoms with E-state index in [-0.39, 0.29) is 5.41 Å². The highest BCUT2D eigenvalue weighted by molar-refractivity contribution is 7.05. The fourth-order valence-corrected chi connectivity index (χ4v) is 2.47. The fourth-order valence-electron chi connectivity index (χ4n) is 1.56. The molecule has 0 aromatic carbocycles. The van der Waals surface area contributed by atoms with E-state index in [4.69, 9.17) is 0 Å². The van der Waals surface area contributed by atoms with E-state index in [1.54, 1.807) is 11.5 Å². The van der Waals surface area contributed by atoms with E-state index in [0.29, 0.717) is 6.04 Å². The van der Waals surface area contributed by atoms with Crippen molar-refractivity contribution in [2.45, 2.75) is 65.3 Å². The summed E-state index contributed by atoms with van der Waals surface area (Å²) in [5, 5.41) is 4.71. The number of hydrogen-bond acceptors (Lipinski definition) is 4. The van der Waals surface area contributed by atoms with Crippen LogP contribution in [0.4, 0.5) is 0 Å². The molecule has 0 saturated carbocycles. The summed E-state index contributed by atoms with van der Waals surface area (Å²) in [5.41, 5.74) is 0.0628. The van der Waals surface area contributed by atoms with Crippen molar-refractivity contribution in [3.05, 3.63) is 10.8 Å². The van der Waals surface area contributed by atoms with E-state index in [1.165, 1.54) is 6.42 Å². The minimum Gasteiger partial charge on any atom is -0.314 e. The Balaban J connectivity index is 2.58. The second-order valence-electron chi connectivity index (χ2n) is 5.53. The van der Waals surface area contributed by atoms with Gasteiger partial charge in [0, 0.05) is 17.9 Å². The predicted octanol–water partition coefficient (Wildman–Crippen LogP) is 3.16. The van der Waals surface area contributed by atoms with E-state index in [2.05, 4.69) is 49.3 Å². The average Bonchev–Trinajstić information content (AvgIpc) is 2.72. The number of nitrogens with one attached hydrogen (secondary N) is 1. The molecule has 0 amide bonds. The van der Waals surface area contributed by atoms with Gasteiger partial charge in [-0.15, -0.1) is 0 Å². The van der Waals surface area contributed by atoms with Crippen molar-refractivity contribution in [3.63, 3.8) is 0 Å². The average molecular weight is 255 g/mol. The van der Waals surface area contributed by atoms with Gasteiger partial charge >= 0.3 is 0 Å². The second kappa shape index (κ2) is 6.45. The smallest absolute Gasteiger partial charge is 0.147 e. The molecule has 0 aliphatic heterocycles. The summed E-state index contributed by atoms with van der Waals surface area (Å²) >= 11 is 1.55. The Labute approximate surface area is 109 Å². The zero-order chi connectivity index (χ0) is 12.9. The summed E-state index contributed by atoms with van der Waals surface area (Å²) in [4.78, 5) is 4.64. The van der Waals surface area contributed by atoms with Crippen LogP contribution in [0.3, 0.4) is 0 Å². The SMILES string of the molecule is CCCNC(CC)Cc1nc(C(C)(C)C)ns1. The molecular weight excluding hydrogens is 230 g/mol. The fraction of sp³-hybridized carbons (Fsp3) is 0.846. The lowest BCUT2D eigenvalue weighted by Gasteiger charge is -2.15. The van der Waals surface area contributed by atoms with Gasteiger partial charge in [-0.05, 0) is 30.9 Å². The monoisotopic (exact) mass is 255 g/mol. The van der Waals surface area contributed by atoms with Crippen LogP contribution in [0.15, 0.2) is 0 Å². The third-order valence-electron chi connectivity index (χ3n) is 2.74. The number of aromatic nitrogens is 2. The summed E-state index contributed by atoms with van der Waals surface area (Å²) in [6.45, 7) is 12.0. The van der Waals surface area contributed by atoms with Gasteiger partial charge in [0.15, 0.2) is 0 Å². The molecule has 1 rings (SSSR count). The predicted molar refractivity (Wildman–Crippen MR) is 74.7 cm³/mol. The second-order valence-corrected chi connectivity index (χ2v) is 6.36. The third-order valence-corrected chi connectivity index (χ3v) is 3.47. The van der Waals surface area contributed by atoms with Gasteiger partial charge in [-0.25, -0.2) is 4.98 Å². The summed E-state index contributed by atoms with van der Waals surface area (Å²) in [6, 6.07) is 0.538. The van der Waals surface area contributed by atoms with Crippen LogP contribution in [0, 0.1) is 0 Å². The maximum Gasteiger partial charge on any atom is 0.147 e. The zero-order valence-electron chi connectivity index (χ0n) is 11.7. The molecule has 0 radical (unpaired) electrons. The van der Waals surface area contributed by atoms with Crippen LogP contribution in [-0.2, 0) is 11.8 Å². The van der Waals surface area contributed by atoms with Gasteiger partial charge in [-0.1, -0.05) is 34.6 Å². The lowest BCUT2D eigenvalue weighted by molar-refractivity contribution is 0.491. The molecule has 17 heavy (non-hydrogen) atoms. The van der Waals surface area contributed by atoms with Crippen molar-refractivity contribution >= 4 is 11.5 Å². The molecule has 0 saturated heterocycles. The third kappa shape index (κ3) is 4.72. The molecule has 1 N–H and O–H groups in total. The summed E-state index contributed by atoms with van der Waals surface area (Å²) in [7, 11) is 0. The minimum atomic E-state index is 0.0628. The van der Waals surface area contributed by atoms with Crippen LogP contribution in [0.2, 0.25) is 0 Å². The minimum absolute atomic E-state index is 0.0628. The number of hydrogen-bond donors (Lipinski definition) is 1. The Morgan fingerprint density at radius 1 is 1.29 bits per heavy atom. The maximum absolute atomic E-state index is 4.64. The topological polar surface area (TPSA) is 37.8 Å².